The van der Waals surface area contributed by atoms with Crippen molar-refractivity contribution in [1.29, 1.82) is 0 Å². The van der Waals surface area contributed by atoms with Crippen molar-refractivity contribution in [2.24, 2.45) is 0 Å². The molecule has 0 saturated carbocycles. The predicted molar refractivity (Wildman–Crippen MR) is 93.3 cm³/mol. The molecule has 0 bridgehead atoms. The van der Waals surface area contributed by atoms with Crippen LogP contribution in [0.2, 0.25) is 0 Å². The maximum atomic E-state index is 12.1. The third-order valence-corrected chi connectivity index (χ3v) is 4.11. The Morgan fingerprint density at radius 3 is 1.92 bits per heavy atom. The van der Waals surface area contributed by atoms with E-state index >= 15 is 0 Å². The number of carbonyl (C=O) groups is 1. The van der Waals surface area contributed by atoms with E-state index in [2.05, 4.69) is 0 Å². The van der Waals surface area contributed by atoms with Crippen LogP contribution in [0, 0.1) is 0 Å². The number of hydrogen-bond donors (Lipinski definition) is 2. The van der Waals surface area contributed by atoms with Crippen molar-refractivity contribution in [2.45, 2.75) is 38.2 Å². The van der Waals surface area contributed by atoms with E-state index in [1.165, 1.54) is 0 Å². The highest BCUT2D eigenvalue weighted by molar-refractivity contribution is 5.79. The van der Waals surface area contributed by atoms with Gasteiger partial charge in [-0.05, 0) is 54.7 Å². The number of carbonyl (C=O) groups excluding carboxylic acids is 1. The fourth-order valence-electron chi connectivity index (χ4n) is 2.60. The predicted octanol–water partition coefficient (Wildman–Crippen LogP) is 3.64. The van der Waals surface area contributed by atoms with Crippen molar-refractivity contribution in [1.82, 2.24) is 0 Å². The van der Waals surface area contributed by atoms with Gasteiger partial charge in [0.25, 0.3) is 0 Å². The molecule has 1 atom stereocenters. The van der Waals surface area contributed by atoms with E-state index < -0.39 is 0 Å². The molecule has 0 aromatic heterocycles. The lowest BCUT2D eigenvalue weighted by Crippen LogP contribution is -2.17. The van der Waals surface area contributed by atoms with E-state index in [-0.39, 0.29) is 23.4 Å². The summed E-state index contributed by atoms with van der Waals surface area (Å²) in [5, 5.41) is 18.5. The molecule has 0 amide bonds. The lowest BCUT2D eigenvalue weighted by atomic mass is 10.00. The minimum absolute atomic E-state index is 0.0916. The van der Waals surface area contributed by atoms with Gasteiger partial charge >= 0.3 is 0 Å². The summed E-state index contributed by atoms with van der Waals surface area (Å²) in [6.45, 7) is 0. The van der Waals surface area contributed by atoms with E-state index in [4.69, 9.17) is 4.74 Å². The highest BCUT2D eigenvalue weighted by Gasteiger charge is 2.13. The minimum Gasteiger partial charge on any atom is -0.508 e. The van der Waals surface area contributed by atoms with E-state index in [1.807, 2.05) is 24.3 Å². The van der Waals surface area contributed by atoms with Crippen LogP contribution in [-0.4, -0.2) is 29.2 Å². The quantitative estimate of drug-likeness (QED) is 0.737. The van der Waals surface area contributed by atoms with Crippen LogP contribution in [0.3, 0.4) is 0 Å². The summed E-state index contributed by atoms with van der Waals surface area (Å²) in [5.74, 6) is 0.672. The number of hydrogen-bond acceptors (Lipinski definition) is 4. The van der Waals surface area contributed by atoms with Crippen LogP contribution in [0.4, 0.5) is 0 Å². The standard InChI is InChI=1S/C20H24O4/c1-24-20(13-7-16-4-10-18(22)11-5-16)14-19(23)12-6-15-2-8-17(21)9-3-15/h2-5,8-11,20-22H,6-7,12-14H2,1H3/t20-/m0/s1. The Labute approximate surface area is 142 Å². The molecule has 4 heteroatoms. The van der Waals surface area contributed by atoms with Crippen LogP contribution in [0.1, 0.15) is 30.4 Å². The SMILES string of the molecule is CO[C@@H](CCc1ccc(O)cc1)CC(=O)CCc1ccc(O)cc1. The van der Waals surface area contributed by atoms with Crippen molar-refractivity contribution in [3.63, 3.8) is 0 Å². The molecule has 0 saturated heterocycles. The second-order valence-corrected chi connectivity index (χ2v) is 5.97. The minimum atomic E-state index is -0.0916. The summed E-state index contributed by atoms with van der Waals surface area (Å²) in [4.78, 5) is 12.1. The Hall–Kier alpha value is -2.33. The molecule has 0 unspecified atom stereocenters. The first-order valence-electron chi connectivity index (χ1n) is 8.17. The van der Waals surface area contributed by atoms with Crippen molar-refractivity contribution < 1.29 is 19.7 Å². The van der Waals surface area contributed by atoms with Gasteiger partial charge < -0.3 is 14.9 Å². The first-order chi connectivity index (χ1) is 11.6. The largest absolute Gasteiger partial charge is 0.508 e. The molecule has 0 radical (unpaired) electrons. The topological polar surface area (TPSA) is 66.8 Å². The Balaban J connectivity index is 1.75. The average molecular weight is 328 g/mol. The van der Waals surface area contributed by atoms with Crippen LogP contribution in [-0.2, 0) is 22.4 Å². The Kier molecular flexibility index (Phi) is 6.82. The first kappa shape index (κ1) is 18.0. The van der Waals surface area contributed by atoms with Gasteiger partial charge in [0.05, 0.1) is 6.10 Å². The number of Topliss-reactive ketones (excluding diaryl/α,β-unsaturated/α-hetero) is 1. The summed E-state index contributed by atoms with van der Waals surface area (Å²) in [7, 11) is 1.63. The summed E-state index contributed by atoms with van der Waals surface area (Å²) >= 11 is 0. The zero-order valence-electron chi connectivity index (χ0n) is 13.9. The van der Waals surface area contributed by atoms with E-state index in [0.717, 1.165) is 24.0 Å². The molecule has 0 spiro atoms. The zero-order valence-corrected chi connectivity index (χ0v) is 13.9. The van der Waals surface area contributed by atoms with Crippen LogP contribution in [0.15, 0.2) is 48.5 Å². The molecular weight excluding hydrogens is 304 g/mol. The molecule has 0 heterocycles. The maximum absolute atomic E-state index is 12.1. The van der Waals surface area contributed by atoms with Crippen molar-refractivity contribution in [2.75, 3.05) is 7.11 Å². The number of phenols is 2. The normalized spacial score (nSPS) is 12.0. The fourth-order valence-corrected chi connectivity index (χ4v) is 2.60. The summed E-state index contributed by atoms with van der Waals surface area (Å²) < 4.78 is 5.43. The summed E-state index contributed by atoms with van der Waals surface area (Å²) in [6.07, 6.45) is 3.05. The van der Waals surface area contributed by atoms with E-state index in [1.54, 1.807) is 31.4 Å². The number of ether oxygens (including phenoxy) is 1. The number of benzene rings is 2. The van der Waals surface area contributed by atoms with Gasteiger partial charge in [0.1, 0.15) is 17.3 Å². The van der Waals surface area contributed by atoms with Gasteiger partial charge in [0.2, 0.25) is 0 Å². The molecule has 0 fully saturated rings. The number of aryl methyl sites for hydroxylation is 2. The zero-order chi connectivity index (χ0) is 17.4. The second kappa shape index (κ2) is 9.08. The maximum Gasteiger partial charge on any atom is 0.135 e. The highest BCUT2D eigenvalue weighted by atomic mass is 16.5. The number of methoxy groups -OCH3 is 1. The van der Waals surface area contributed by atoms with Crippen molar-refractivity contribution in [3.8, 4) is 11.5 Å². The number of rotatable bonds is 9. The van der Waals surface area contributed by atoms with Gasteiger partial charge in [-0.25, -0.2) is 0 Å². The third kappa shape index (κ3) is 6.05. The van der Waals surface area contributed by atoms with Gasteiger partial charge in [-0.1, -0.05) is 24.3 Å². The molecule has 0 aliphatic heterocycles. The lowest BCUT2D eigenvalue weighted by molar-refractivity contribution is -0.121. The van der Waals surface area contributed by atoms with E-state index in [9.17, 15) is 15.0 Å². The van der Waals surface area contributed by atoms with Crippen molar-refractivity contribution >= 4 is 5.78 Å². The van der Waals surface area contributed by atoms with Crippen LogP contribution < -0.4 is 0 Å². The van der Waals surface area contributed by atoms with Gasteiger partial charge in [0, 0.05) is 20.0 Å². The molecule has 2 N–H and O–H groups in total. The van der Waals surface area contributed by atoms with Gasteiger partial charge in [-0.2, -0.15) is 0 Å². The lowest BCUT2D eigenvalue weighted by Gasteiger charge is -2.14. The van der Waals surface area contributed by atoms with Crippen LogP contribution in [0.25, 0.3) is 0 Å². The highest BCUT2D eigenvalue weighted by Crippen LogP contribution is 2.16. The number of phenolic OH excluding ortho intramolecular Hbond substituents is 2. The van der Waals surface area contributed by atoms with Crippen LogP contribution >= 0.6 is 0 Å². The van der Waals surface area contributed by atoms with Gasteiger partial charge in [0.15, 0.2) is 0 Å². The average Bonchev–Trinajstić information content (AvgIpc) is 2.59. The third-order valence-electron chi connectivity index (χ3n) is 4.11. The molecule has 24 heavy (non-hydrogen) atoms. The summed E-state index contributed by atoms with van der Waals surface area (Å²) in [5.41, 5.74) is 2.16. The molecule has 2 aromatic rings. The number of aromatic hydroxyl groups is 2. The molecular formula is C20H24O4. The summed E-state index contributed by atoms with van der Waals surface area (Å²) in [6, 6.07) is 14.0. The Morgan fingerprint density at radius 1 is 0.917 bits per heavy atom. The molecule has 0 aliphatic rings. The molecule has 2 rings (SSSR count). The monoisotopic (exact) mass is 328 g/mol. The molecule has 0 aliphatic carbocycles. The van der Waals surface area contributed by atoms with Crippen LogP contribution in [0.5, 0.6) is 11.5 Å². The van der Waals surface area contributed by atoms with Gasteiger partial charge in [-0.3, -0.25) is 4.79 Å². The second-order valence-electron chi connectivity index (χ2n) is 5.97. The molecule has 128 valence electrons. The Bertz CT molecular complexity index is 632. The molecule has 2 aromatic carbocycles. The van der Waals surface area contributed by atoms with E-state index in [0.29, 0.717) is 19.3 Å². The molecule has 4 nitrogen and oxygen atoms in total. The van der Waals surface area contributed by atoms with Crippen molar-refractivity contribution in [3.05, 3.63) is 59.7 Å². The fraction of sp³-hybridized carbons (Fsp3) is 0.350. The number of ketones is 1. The smallest absolute Gasteiger partial charge is 0.135 e. The first-order valence-corrected chi connectivity index (χ1v) is 8.17. The van der Waals surface area contributed by atoms with Gasteiger partial charge in [-0.15, -0.1) is 0 Å². The Morgan fingerprint density at radius 2 is 1.42 bits per heavy atom.